The molecule has 352 valence electrons. The Kier molecular flexibility index (Phi) is 15.0. The van der Waals surface area contributed by atoms with E-state index in [1.807, 2.05) is 102 Å². The van der Waals surface area contributed by atoms with Crippen molar-refractivity contribution in [1.82, 2.24) is 24.9 Å². The quantitative estimate of drug-likeness (QED) is 0.138. The first-order valence-electron chi connectivity index (χ1n) is 24.2. The molecule has 10 rings (SSSR count). The van der Waals surface area contributed by atoms with Gasteiger partial charge >= 0.3 is 0 Å². The zero-order chi connectivity index (χ0) is 47.7. The van der Waals surface area contributed by atoms with E-state index in [2.05, 4.69) is 57.6 Å². The number of rotatable bonds is 10. The highest BCUT2D eigenvalue weighted by atomic mass is 19.1. The minimum absolute atomic E-state index is 0.0388. The Hall–Kier alpha value is -7.01. The molecule has 3 aliphatic rings. The van der Waals surface area contributed by atoms with Gasteiger partial charge in [-0.1, -0.05) is 114 Å². The fourth-order valence-electron chi connectivity index (χ4n) is 9.87. The first-order valence-corrected chi connectivity index (χ1v) is 24.2. The Bertz CT molecular complexity index is 2970. The zero-order valence-electron chi connectivity index (χ0n) is 39.3. The maximum atomic E-state index is 13.4. The highest BCUT2D eigenvalue weighted by Gasteiger charge is 2.26. The van der Waals surface area contributed by atoms with E-state index in [4.69, 9.17) is 0 Å². The molecule has 0 bridgehead atoms. The number of hydrogen-bond acceptors (Lipinski definition) is 5. The molecule has 0 saturated carbocycles. The number of nitrogens with one attached hydrogen (secondary N) is 1. The summed E-state index contributed by atoms with van der Waals surface area (Å²) in [4.78, 5) is 47.1. The molecule has 3 amide bonds. The number of benzene rings is 7. The first kappa shape index (κ1) is 47.1. The van der Waals surface area contributed by atoms with Crippen LogP contribution in [0, 0.1) is 18.6 Å². The third-order valence-corrected chi connectivity index (χ3v) is 13.6. The SMILES string of the molecule is Cc1cccc(C(=O)N2CCC(=CC(=O)NC3CCN(Cc4ccc5cc(F)ccc5c4)C3)CC2)c1.O=C(Cc1ccccc1-c1ccccc1)N1CCN(Cc2ccc3cc(F)ccc3c2)CC1. The second-order valence-electron chi connectivity index (χ2n) is 18.7. The summed E-state index contributed by atoms with van der Waals surface area (Å²) in [5, 5.41) is 7.09. The van der Waals surface area contributed by atoms with Gasteiger partial charge in [0.05, 0.1) is 6.42 Å². The summed E-state index contributed by atoms with van der Waals surface area (Å²) in [6, 6.07) is 48.3. The van der Waals surface area contributed by atoms with Crippen LogP contribution in [0.3, 0.4) is 0 Å². The first-order chi connectivity index (χ1) is 33.6. The molecule has 10 heteroatoms. The molecule has 1 N–H and O–H groups in total. The van der Waals surface area contributed by atoms with E-state index in [0.717, 1.165) is 127 Å². The minimum atomic E-state index is -0.218. The van der Waals surface area contributed by atoms with Crippen molar-refractivity contribution >= 4 is 39.3 Å². The van der Waals surface area contributed by atoms with Crippen LogP contribution in [0.4, 0.5) is 8.78 Å². The lowest BCUT2D eigenvalue weighted by Gasteiger charge is -2.35. The van der Waals surface area contributed by atoms with Crippen LogP contribution in [0.25, 0.3) is 32.7 Å². The summed E-state index contributed by atoms with van der Waals surface area (Å²) in [6.07, 6.45) is 4.54. The molecule has 7 aromatic rings. The van der Waals surface area contributed by atoms with Crippen molar-refractivity contribution in [3.8, 4) is 11.1 Å². The number of hydrogen-bond donors (Lipinski definition) is 1. The number of aryl methyl sites for hydroxylation is 1. The molecule has 3 fully saturated rings. The van der Waals surface area contributed by atoms with Gasteiger partial charge in [-0.2, -0.15) is 0 Å². The Morgan fingerprint density at radius 3 is 1.87 bits per heavy atom. The molecule has 3 heterocycles. The Morgan fingerprint density at radius 2 is 1.20 bits per heavy atom. The van der Waals surface area contributed by atoms with E-state index < -0.39 is 0 Å². The van der Waals surface area contributed by atoms with Crippen LogP contribution in [0.2, 0.25) is 0 Å². The fourth-order valence-corrected chi connectivity index (χ4v) is 9.87. The molecule has 3 saturated heterocycles. The second kappa shape index (κ2) is 22.0. The second-order valence-corrected chi connectivity index (χ2v) is 18.7. The standard InChI is InChI=1S/C30H32FN3O2.C29H27FN2O/c1-21-3-2-4-26(15-21)30(36)34-13-9-22(10-14-34)17-29(35)32-28-11-12-33(20-28)19-23-5-6-25-18-27(31)8-7-24(25)16-23;30-27-13-12-24-18-22(10-11-25(24)19-27)21-31-14-16-32(17-15-31)29(33)20-26-8-4-5-9-28(26)23-6-2-1-3-7-23/h2-8,15-18,28H,9-14,19-20H2,1H3,(H,32,35);1-13,18-19H,14-17,20-21H2. The number of likely N-dealkylation sites (tertiary alicyclic amines) is 2. The third-order valence-electron chi connectivity index (χ3n) is 13.6. The van der Waals surface area contributed by atoms with Crippen molar-refractivity contribution in [2.45, 2.75) is 51.7 Å². The molecule has 8 nitrogen and oxygen atoms in total. The van der Waals surface area contributed by atoms with Gasteiger partial charge in [0, 0.05) is 83.1 Å². The van der Waals surface area contributed by atoms with Crippen molar-refractivity contribution in [1.29, 1.82) is 0 Å². The van der Waals surface area contributed by atoms with Crippen LogP contribution < -0.4 is 5.32 Å². The fraction of sp³-hybridized carbons (Fsp3) is 0.271. The summed E-state index contributed by atoms with van der Waals surface area (Å²) in [6.45, 7) is 9.86. The summed E-state index contributed by atoms with van der Waals surface area (Å²) < 4.78 is 26.8. The average Bonchev–Trinajstić information content (AvgIpc) is 3.80. The van der Waals surface area contributed by atoms with Crippen LogP contribution in [0.15, 0.2) is 163 Å². The van der Waals surface area contributed by atoms with Crippen LogP contribution >= 0.6 is 0 Å². The monoisotopic (exact) mass is 923 g/mol. The number of carbonyl (C=O) groups excluding carboxylic acids is 3. The summed E-state index contributed by atoms with van der Waals surface area (Å²) in [5.41, 5.74) is 8.65. The Labute approximate surface area is 403 Å². The number of halogens is 2. The van der Waals surface area contributed by atoms with Crippen molar-refractivity contribution in [2.75, 3.05) is 52.4 Å². The molecule has 0 spiro atoms. The van der Waals surface area contributed by atoms with Crippen LogP contribution in [-0.2, 0) is 29.1 Å². The summed E-state index contributed by atoms with van der Waals surface area (Å²) >= 11 is 0. The van der Waals surface area contributed by atoms with Gasteiger partial charge in [-0.15, -0.1) is 0 Å². The highest BCUT2D eigenvalue weighted by Crippen LogP contribution is 2.26. The lowest BCUT2D eigenvalue weighted by Crippen LogP contribution is -2.48. The van der Waals surface area contributed by atoms with Crippen molar-refractivity contribution < 1.29 is 23.2 Å². The van der Waals surface area contributed by atoms with E-state index >= 15 is 0 Å². The largest absolute Gasteiger partial charge is 0.348 e. The van der Waals surface area contributed by atoms with Gasteiger partial charge in [0.2, 0.25) is 11.8 Å². The predicted molar refractivity (Wildman–Crippen MR) is 271 cm³/mol. The maximum absolute atomic E-state index is 13.4. The summed E-state index contributed by atoms with van der Waals surface area (Å²) in [7, 11) is 0. The zero-order valence-corrected chi connectivity index (χ0v) is 39.3. The van der Waals surface area contributed by atoms with Gasteiger partial charge in [-0.05, 0) is 124 Å². The number of piperidine rings is 1. The molecule has 0 radical (unpaired) electrons. The molecule has 1 atom stereocenters. The molecular weight excluding hydrogens is 865 g/mol. The van der Waals surface area contributed by atoms with E-state index in [1.165, 1.54) is 23.3 Å². The number of carbonyl (C=O) groups is 3. The molecule has 0 aromatic heterocycles. The van der Waals surface area contributed by atoms with E-state index in [1.54, 1.807) is 18.2 Å². The van der Waals surface area contributed by atoms with Crippen LogP contribution in [0.1, 0.15) is 51.9 Å². The topological polar surface area (TPSA) is 76.2 Å². The molecule has 0 aliphatic carbocycles. The number of amides is 3. The van der Waals surface area contributed by atoms with Crippen LogP contribution in [0.5, 0.6) is 0 Å². The van der Waals surface area contributed by atoms with Gasteiger partial charge in [0.1, 0.15) is 11.6 Å². The highest BCUT2D eigenvalue weighted by molar-refractivity contribution is 5.94. The van der Waals surface area contributed by atoms with E-state index in [9.17, 15) is 23.2 Å². The maximum Gasteiger partial charge on any atom is 0.253 e. The number of fused-ring (bicyclic) bond motifs is 2. The lowest BCUT2D eigenvalue weighted by atomic mass is 9.97. The number of nitrogens with zero attached hydrogens (tertiary/aromatic N) is 4. The molecule has 3 aliphatic heterocycles. The molecule has 69 heavy (non-hydrogen) atoms. The predicted octanol–water partition coefficient (Wildman–Crippen LogP) is 10.4. The molecule has 7 aromatic carbocycles. The average molecular weight is 924 g/mol. The van der Waals surface area contributed by atoms with Gasteiger partial charge in [-0.25, -0.2) is 8.78 Å². The smallest absolute Gasteiger partial charge is 0.253 e. The Balaban J connectivity index is 0.000000172. The van der Waals surface area contributed by atoms with Gasteiger partial charge < -0.3 is 15.1 Å². The minimum Gasteiger partial charge on any atom is -0.348 e. The molecule has 1 unspecified atom stereocenters. The number of piperazine rings is 1. The third kappa shape index (κ3) is 12.4. The normalized spacial score (nSPS) is 16.6. The summed E-state index contributed by atoms with van der Waals surface area (Å²) in [5.74, 6) is -0.215. The molecular formula is C59H59F2N5O3. The van der Waals surface area contributed by atoms with E-state index in [-0.39, 0.29) is 35.4 Å². The van der Waals surface area contributed by atoms with Crippen molar-refractivity contribution in [3.05, 3.63) is 203 Å². The van der Waals surface area contributed by atoms with Gasteiger partial charge in [0.15, 0.2) is 0 Å². The van der Waals surface area contributed by atoms with Gasteiger partial charge in [-0.3, -0.25) is 24.2 Å². The van der Waals surface area contributed by atoms with Crippen LogP contribution in [-0.4, -0.2) is 95.7 Å². The van der Waals surface area contributed by atoms with Crippen molar-refractivity contribution in [2.24, 2.45) is 0 Å². The van der Waals surface area contributed by atoms with E-state index in [0.29, 0.717) is 19.5 Å². The Morgan fingerprint density at radius 1 is 0.594 bits per heavy atom. The van der Waals surface area contributed by atoms with Gasteiger partial charge in [0.25, 0.3) is 5.91 Å². The van der Waals surface area contributed by atoms with Crippen molar-refractivity contribution in [3.63, 3.8) is 0 Å². The lowest BCUT2D eigenvalue weighted by molar-refractivity contribution is -0.132.